The van der Waals surface area contributed by atoms with E-state index in [1.807, 2.05) is 0 Å². The molecule has 2 aromatic rings. The lowest BCUT2D eigenvalue weighted by molar-refractivity contribution is 0.252. The molecule has 2 aliphatic rings. The second-order valence-corrected chi connectivity index (χ2v) is 6.02. The van der Waals surface area contributed by atoms with E-state index in [-0.39, 0.29) is 0 Å². The molecular weight excluding hydrogens is 234 g/mol. The van der Waals surface area contributed by atoms with Gasteiger partial charge in [0.25, 0.3) is 0 Å². The highest BCUT2D eigenvalue weighted by atomic mass is 15.2. The lowest BCUT2D eigenvalue weighted by atomic mass is 10.1. The average molecular weight is 255 g/mol. The molecule has 2 bridgehead atoms. The van der Waals surface area contributed by atoms with E-state index < -0.39 is 0 Å². The second-order valence-electron chi connectivity index (χ2n) is 6.02. The zero-order valence-electron chi connectivity index (χ0n) is 11.2. The van der Waals surface area contributed by atoms with Crippen LogP contribution in [0.5, 0.6) is 0 Å². The normalized spacial score (nSPS) is 27.8. The van der Waals surface area contributed by atoms with Crippen LogP contribution in [0, 0.1) is 0 Å². The molecule has 3 heteroatoms. The Kier molecular flexibility index (Phi) is 2.82. The minimum atomic E-state index is 0.720. The van der Waals surface area contributed by atoms with Gasteiger partial charge in [-0.1, -0.05) is 18.2 Å². The predicted octanol–water partition coefficient (Wildman–Crippen LogP) is 2.49. The van der Waals surface area contributed by atoms with E-state index in [0.717, 1.165) is 18.6 Å². The number of para-hydroxylation sites is 1. The van der Waals surface area contributed by atoms with Crippen LogP contribution < -0.4 is 5.32 Å². The first-order valence-electron chi connectivity index (χ1n) is 7.42. The number of fused-ring (bicyclic) bond motifs is 3. The summed E-state index contributed by atoms with van der Waals surface area (Å²) in [5.41, 5.74) is 2.69. The van der Waals surface area contributed by atoms with Crippen LogP contribution in [0.3, 0.4) is 0 Å². The van der Waals surface area contributed by atoms with Crippen LogP contribution in [0.4, 0.5) is 0 Å². The maximum atomic E-state index is 3.75. The molecule has 19 heavy (non-hydrogen) atoms. The number of aromatic nitrogens is 1. The molecule has 2 atom stereocenters. The van der Waals surface area contributed by atoms with Crippen molar-refractivity contribution < 1.29 is 0 Å². The summed E-state index contributed by atoms with van der Waals surface area (Å²) in [5.74, 6) is 0. The van der Waals surface area contributed by atoms with Crippen molar-refractivity contribution in [2.45, 2.75) is 37.9 Å². The number of hydrogen-bond acceptors (Lipinski definition) is 2. The van der Waals surface area contributed by atoms with Gasteiger partial charge < -0.3 is 10.3 Å². The van der Waals surface area contributed by atoms with Crippen LogP contribution in [0.2, 0.25) is 0 Å². The number of benzene rings is 1. The van der Waals surface area contributed by atoms with Crippen molar-refractivity contribution >= 4 is 10.9 Å². The van der Waals surface area contributed by atoms with Crippen LogP contribution in [-0.2, 0) is 6.54 Å². The van der Waals surface area contributed by atoms with Gasteiger partial charge in [0.05, 0.1) is 0 Å². The van der Waals surface area contributed by atoms with Gasteiger partial charge in [-0.25, -0.2) is 0 Å². The summed E-state index contributed by atoms with van der Waals surface area (Å²) >= 11 is 0. The van der Waals surface area contributed by atoms with Crippen LogP contribution in [0.15, 0.2) is 30.5 Å². The number of nitrogens with one attached hydrogen (secondary N) is 2. The highest BCUT2D eigenvalue weighted by Gasteiger charge is 2.29. The van der Waals surface area contributed by atoms with Gasteiger partial charge in [0.15, 0.2) is 0 Å². The SMILES string of the molecule is c1ccc2c(CN3CCC4CCC(C3)N4)c[nH]c2c1. The highest BCUT2D eigenvalue weighted by molar-refractivity contribution is 5.82. The van der Waals surface area contributed by atoms with Gasteiger partial charge in [0.1, 0.15) is 0 Å². The maximum Gasteiger partial charge on any atom is 0.0457 e. The molecule has 2 N–H and O–H groups in total. The molecule has 2 saturated heterocycles. The zero-order chi connectivity index (χ0) is 12.7. The minimum absolute atomic E-state index is 0.720. The highest BCUT2D eigenvalue weighted by Crippen LogP contribution is 2.24. The molecule has 3 heterocycles. The van der Waals surface area contributed by atoms with Crippen molar-refractivity contribution in [2.24, 2.45) is 0 Å². The van der Waals surface area contributed by atoms with Gasteiger partial charge in [-0.3, -0.25) is 4.90 Å². The fourth-order valence-electron chi connectivity index (χ4n) is 3.66. The predicted molar refractivity (Wildman–Crippen MR) is 78.1 cm³/mol. The van der Waals surface area contributed by atoms with Crippen molar-refractivity contribution in [2.75, 3.05) is 13.1 Å². The third kappa shape index (κ3) is 2.17. The maximum absolute atomic E-state index is 3.75. The molecule has 1 aromatic carbocycles. The van der Waals surface area contributed by atoms with E-state index >= 15 is 0 Å². The van der Waals surface area contributed by atoms with Gasteiger partial charge in [0.2, 0.25) is 0 Å². The van der Waals surface area contributed by atoms with Gasteiger partial charge >= 0.3 is 0 Å². The average Bonchev–Trinajstić information content (AvgIpc) is 2.97. The van der Waals surface area contributed by atoms with Gasteiger partial charge in [-0.05, 0) is 30.9 Å². The summed E-state index contributed by atoms with van der Waals surface area (Å²) in [6.45, 7) is 3.51. The number of nitrogens with zero attached hydrogens (tertiary/aromatic N) is 1. The van der Waals surface area contributed by atoms with Crippen LogP contribution in [0.25, 0.3) is 10.9 Å². The fourth-order valence-corrected chi connectivity index (χ4v) is 3.66. The molecule has 0 spiro atoms. The molecule has 0 aliphatic carbocycles. The van der Waals surface area contributed by atoms with E-state index in [0.29, 0.717) is 0 Å². The third-order valence-electron chi connectivity index (χ3n) is 4.68. The van der Waals surface area contributed by atoms with E-state index in [1.165, 1.54) is 48.8 Å². The largest absolute Gasteiger partial charge is 0.361 e. The molecule has 100 valence electrons. The number of aromatic amines is 1. The van der Waals surface area contributed by atoms with Gasteiger partial charge in [0, 0.05) is 48.8 Å². The molecule has 2 unspecified atom stereocenters. The molecule has 2 aliphatic heterocycles. The first-order valence-corrected chi connectivity index (χ1v) is 7.42. The number of rotatable bonds is 2. The first kappa shape index (κ1) is 11.5. The van der Waals surface area contributed by atoms with Crippen molar-refractivity contribution in [3.8, 4) is 0 Å². The Bertz CT molecular complexity index is 574. The topological polar surface area (TPSA) is 31.1 Å². The zero-order valence-corrected chi connectivity index (χ0v) is 11.2. The van der Waals surface area contributed by atoms with E-state index in [4.69, 9.17) is 0 Å². The van der Waals surface area contributed by atoms with Crippen molar-refractivity contribution in [3.63, 3.8) is 0 Å². The van der Waals surface area contributed by atoms with Crippen molar-refractivity contribution in [1.82, 2.24) is 15.2 Å². The van der Waals surface area contributed by atoms with E-state index in [9.17, 15) is 0 Å². The second kappa shape index (κ2) is 4.66. The Morgan fingerprint density at radius 2 is 2.00 bits per heavy atom. The summed E-state index contributed by atoms with van der Waals surface area (Å²) in [5, 5.41) is 5.13. The summed E-state index contributed by atoms with van der Waals surface area (Å²) in [6.07, 6.45) is 6.22. The Balaban J connectivity index is 1.54. The standard InChI is InChI=1S/C16H21N3/c1-2-4-16-15(3-1)12(9-17-16)10-19-8-7-13-5-6-14(11-19)18-13/h1-4,9,13-14,17-18H,5-8,10-11H2. The lowest BCUT2D eigenvalue weighted by Gasteiger charge is -2.23. The Morgan fingerprint density at radius 1 is 1.11 bits per heavy atom. The lowest BCUT2D eigenvalue weighted by Crippen LogP contribution is -2.34. The molecule has 2 fully saturated rings. The molecule has 0 amide bonds. The molecular formula is C16H21N3. The molecule has 1 aromatic heterocycles. The van der Waals surface area contributed by atoms with Crippen molar-refractivity contribution in [1.29, 1.82) is 0 Å². The minimum Gasteiger partial charge on any atom is -0.361 e. The monoisotopic (exact) mass is 255 g/mol. The number of hydrogen-bond donors (Lipinski definition) is 2. The molecule has 0 saturated carbocycles. The number of H-pyrrole nitrogens is 1. The van der Waals surface area contributed by atoms with Gasteiger partial charge in [-0.15, -0.1) is 0 Å². The van der Waals surface area contributed by atoms with E-state index in [2.05, 4.69) is 45.7 Å². The summed E-state index contributed by atoms with van der Waals surface area (Å²) in [6, 6.07) is 10.1. The van der Waals surface area contributed by atoms with Gasteiger partial charge in [-0.2, -0.15) is 0 Å². The van der Waals surface area contributed by atoms with Crippen LogP contribution in [0.1, 0.15) is 24.8 Å². The smallest absolute Gasteiger partial charge is 0.0457 e. The quantitative estimate of drug-likeness (QED) is 0.864. The summed E-state index contributed by atoms with van der Waals surface area (Å²) in [4.78, 5) is 6.00. The van der Waals surface area contributed by atoms with Crippen LogP contribution >= 0.6 is 0 Å². The molecule has 0 radical (unpaired) electrons. The summed E-state index contributed by atoms with van der Waals surface area (Å²) < 4.78 is 0. The van der Waals surface area contributed by atoms with E-state index in [1.54, 1.807) is 0 Å². The van der Waals surface area contributed by atoms with Crippen molar-refractivity contribution in [3.05, 3.63) is 36.0 Å². The Morgan fingerprint density at radius 3 is 3.00 bits per heavy atom. The summed E-state index contributed by atoms with van der Waals surface area (Å²) in [7, 11) is 0. The molecule has 4 rings (SSSR count). The van der Waals surface area contributed by atoms with Crippen LogP contribution in [-0.4, -0.2) is 35.1 Å². The third-order valence-corrected chi connectivity index (χ3v) is 4.68. The Labute approximate surface area is 114 Å². The Hall–Kier alpha value is -1.32. The first-order chi connectivity index (χ1) is 9.38. The fraction of sp³-hybridized carbons (Fsp3) is 0.500. The number of likely N-dealkylation sites (tertiary alicyclic amines) is 1. The molecule has 3 nitrogen and oxygen atoms in total.